The van der Waals surface area contributed by atoms with E-state index in [2.05, 4.69) is 24.3 Å². The Labute approximate surface area is 323 Å². The molecule has 0 saturated carbocycles. The van der Waals surface area contributed by atoms with Crippen molar-refractivity contribution in [1.82, 2.24) is 24.9 Å². The topological polar surface area (TPSA) is 104 Å². The first-order valence-electron chi connectivity index (χ1n) is 18.7. The molecule has 0 aliphatic heterocycles. The number of hydrogen-bond donors (Lipinski definition) is 0. The molecule has 5 heterocycles. The van der Waals surface area contributed by atoms with Crippen molar-refractivity contribution >= 4 is 65.9 Å². The summed E-state index contributed by atoms with van der Waals surface area (Å²) in [6, 6.07) is 54.3. The fourth-order valence-corrected chi connectivity index (χ4v) is 7.88. The van der Waals surface area contributed by atoms with Crippen LogP contribution in [0.25, 0.3) is 123 Å². The molecule has 0 radical (unpaired) electrons. The van der Waals surface area contributed by atoms with Crippen molar-refractivity contribution < 1.29 is 13.3 Å². The molecule has 0 unspecified atom stereocenters. The Morgan fingerprint density at radius 3 is 1.53 bits per heavy atom. The summed E-state index contributed by atoms with van der Waals surface area (Å²) in [5.74, 6) is 2.17. The van der Waals surface area contributed by atoms with Gasteiger partial charge in [0.2, 0.25) is 0 Å². The first-order chi connectivity index (χ1) is 28.2. The highest BCUT2D eigenvalue weighted by Crippen LogP contribution is 2.41. The highest BCUT2D eigenvalue weighted by molar-refractivity contribution is 6.12. The molecule has 7 aromatic carbocycles. The lowest BCUT2D eigenvalue weighted by molar-refractivity contribution is 0.666. The summed E-state index contributed by atoms with van der Waals surface area (Å²) in [5, 5.41) is 4.83. The van der Waals surface area contributed by atoms with Crippen molar-refractivity contribution in [2.75, 3.05) is 0 Å². The van der Waals surface area contributed by atoms with Crippen LogP contribution >= 0.6 is 0 Å². The Morgan fingerprint density at radius 2 is 0.807 bits per heavy atom. The van der Waals surface area contributed by atoms with E-state index in [1.807, 2.05) is 140 Å². The Morgan fingerprint density at radius 1 is 0.298 bits per heavy atom. The van der Waals surface area contributed by atoms with Gasteiger partial charge < -0.3 is 13.3 Å². The monoisotopic (exact) mass is 733 g/mol. The fraction of sp³-hybridized carbons (Fsp3) is 0. The van der Waals surface area contributed by atoms with Crippen molar-refractivity contribution in [3.8, 4) is 56.8 Å². The Hall–Kier alpha value is -7.97. The van der Waals surface area contributed by atoms with E-state index in [0.29, 0.717) is 34.5 Å². The van der Waals surface area contributed by atoms with Gasteiger partial charge in [-0.15, -0.1) is 0 Å². The normalized spacial score (nSPS) is 11.9. The molecule has 0 amide bonds. The standard InChI is InChI=1S/C49H27N5O3/c1-3-13-28(14-4-1)41-45-42(34-18-8-10-24-39(34)57-45)51-48(50-41)35-21-12-20-33-37-27-30(25-26-40(37)56-44(33)35)47-52-46(29-15-5-2-6-16-29)53-49(54-47)36-22-11-19-32-31-17-7-9-23-38(31)55-43(32)36/h1-27H. The van der Waals surface area contributed by atoms with E-state index in [9.17, 15) is 0 Å². The molecule has 0 aliphatic carbocycles. The number of hydrogen-bond acceptors (Lipinski definition) is 8. The predicted molar refractivity (Wildman–Crippen MR) is 224 cm³/mol. The van der Waals surface area contributed by atoms with Crippen molar-refractivity contribution in [3.63, 3.8) is 0 Å². The van der Waals surface area contributed by atoms with E-state index in [1.54, 1.807) is 0 Å². The second-order valence-corrected chi connectivity index (χ2v) is 14.0. The summed E-state index contributed by atoms with van der Waals surface area (Å²) in [7, 11) is 0. The zero-order chi connectivity index (χ0) is 37.5. The zero-order valence-corrected chi connectivity index (χ0v) is 30.0. The Bertz CT molecular complexity index is 3530. The Kier molecular flexibility index (Phi) is 6.76. The number of rotatable bonds is 5. The first-order valence-corrected chi connectivity index (χ1v) is 18.7. The van der Waals surface area contributed by atoms with E-state index >= 15 is 0 Å². The van der Waals surface area contributed by atoms with Crippen LogP contribution in [-0.2, 0) is 0 Å². The minimum absolute atomic E-state index is 0.525. The molecule has 8 heteroatoms. The number of furan rings is 3. The van der Waals surface area contributed by atoms with Crippen LogP contribution in [0.15, 0.2) is 177 Å². The van der Waals surface area contributed by atoms with E-state index < -0.39 is 0 Å². The molecule has 0 fully saturated rings. The highest BCUT2D eigenvalue weighted by Gasteiger charge is 2.22. The van der Waals surface area contributed by atoms with Crippen molar-refractivity contribution in [2.45, 2.75) is 0 Å². The lowest BCUT2D eigenvalue weighted by Crippen LogP contribution is -2.00. The third-order valence-electron chi connectivity index (χ3n) is 10.6. The second-order valence-electron chi connectivity index (χ2n) is 14.0. The third-order valence-corrected chi connectivity index (χ3v) is 10.6. The van der Waals surface area contributed by atoms with Crippen molar-refractivity contribution in [3.05, 3.63) is 164 Å². The number of aromatic nitrogens is 5. The molecule has 0 atom stereocenters. The van der Waals surface area contributed by atoms with Crippen LogP contribution in [-0.4, -0.2) is 24.9 Å². The zero-order valence-electron chi connectivity index (χ0n) is 30.0. The third kappa shape index (κ3) is 4.97. The summed E-state index contributed by atoms with van der Waals surface area (Å²) < 4.78 is 19.4. The minimum atomic E-state index is 0.525. The molecule has 12 rings (SSSR count). The van der Waals surface area contributed by atoms with Gasteiger partial charge in [0.25, 0.3) is 0 Å². The maximum Gasteiger partial charge on any atom is 0.180 e. The number of fused-ring (bicyclic) bond motifs is 9. The van der Waals surface area contributed by atoms with E-state index in [1.165, 1.54) is 0 Å². The molecule has 0 N–H and O–H groups in total. The molecule has 0 saturated heterocycles. The van der Waals surface area contributed by atoms with Gasteiger partial charge in [0.15, 0.2) is 28.9 Å². The van der Waals surface area contributed by atoms with Crippen LogP contribution in [0, 0.1) is 0 Å². The molecule has 5 aromatic heterocycles. The molecule has 57 heavy (non-hydrogen) atoms. The quantitative estimate of drug-likeness (QED) is 0.172. The molecule has 0 spiro atoms. The van der Waals surface area contributed by atoms with Gasteiger partial charge in [-0.05, 0) is 48.5 Å². The first kappa shape index (κ1) is 31.4. The van der Waals surface area contributed by atoms with E-state index in [-0.39, 0.29) is 0 Å². The second kappa shape index (κ2) is 12.3. The average Bonchev–Trinajstić information content (AvgIpc) is 3.98. The smallest absolute Gasteiger partial charge is 0.180 e. The van der Waals surface area contributed by atoms with Crippen molar-refractivity contribution in [1.29, 1.82) is 0 Å². The number of nitrogens with zero attached hydrogens (tertiary/aromatic N) is 5. The molecule has 8 nitrogen and oxygen atoms in total. The van der Waals surface area contributed by atoms with Gasteiger partial charge in [0.1, 0.15) is 39.1 Å². The largest absolute Gasteiger partial charge is 0.455 e. The van der Waals surface area contributed by atoms with Crippen LogP contribution in [0.3, 0.4) is 0 Å². The molecular weight excluding hydrogens is 707 g/mol. The van der Waals surface area contributed by atoms with Gasteiger partial charge >= 0.3 is 0 Å². The molecule has 0 aliphatic rings. The van der Waals surface area contributed by atoms with Gasteiger partial charge in [0, 0.05) is 43.6 Å². The van der Waals surface area contributed by atoms with Gasteiger partial charge in [0.05, 0.1) is 11.1 Å². The lowest BCUT2D eigenvalue weighted by atomic mass is 10.1. The summed E-state index contributed by atoms with van der Waals surface area (Å²) in [6.07, 6.45) is 0. The van der Waals surface area contributed by atoms with E-state index in [4.69, 9.17) is 38.2 Å². The van der Waals surface area contributed by atoms with Crippen LogP contribution in [0.1, 0.15) is 0 Å². The summed E-state index contributed by atoms with van der Waals surface area (Å²) >= 11 is 0. The minimum Gasteiger partial charge on any atom is -0.455 e. The van der Waals surface area contributed by atoms with Gasteiger partial charge in [-0.25, -0.2) is 24.9 Å². The maximum absolute atomic E-state index is 6.65. The Balaban J connectivity index is 1.04. The van der Waals surface area contributed by atoms with Gasteiger partial charge in [-0.3, -0.25) is 0 Å². The predicted octanol–water partition coefficient (Wildman–Crippen LogP) is 12.7. The molecule has 12 aromatic rings. The molecule has 266 valence electrons. The molecule has 0 bridgehead atoms. The van der Waals surface area contributed by atoms with Gasteiger partial charge in [-0.2, -0.15) is 0 Å². The van der Waals surface area contributed by atoms with Crippen molar-refractivity contribution in [2.24, 2.45) is 0 Å². The van der Waals surface area contributed by atoms with Crippen LogP contribution in [0.5, 0.6) is 0 Å². The fourth-order valence-electron chi connectivity index (χ4n) is 7.88. The summed E-state index contributed by atoms with van der Waals surface area (Å²) in [6.45, 7) is 0. The van der Waals surface area contributed by atoms with Crippen LogP contribution < -0.4 is 0 Å². The average molecular weight is 734 g/mol. The maximum atomic E-state index is 6.65. The van der Waals surface area contributed by atoms with E-state index in [0.717, 1.165) is 88.3 Å². The van der Waals surface area contributed by atoms with Crippen LogP contribution in [0.4, 0.5) is 0 Å². The van der Waals surface area contributed by atoms with Gasteiger partial charge in [-0.1, -0.05) is 115 Å². The SMILES string of the molecule is c1ccc(-c2nc(-c3ccc4oc5c(-c6nc(-c7ccccc7)c7oc8ccccc8c7n6)cccc5c4c3)nc(-c3cccc4c3oc3ccccc34)n2)cc1. The highest BCUT2D eigenvalue weighted by atomic mass is 16.3. The number of para-hydroxylation sites is 4. The molecular formula is C49H27N5O3. The summed E-state index contributed by atoms with van der Waals surface area (Å²) in [5.41, 5.74) is 10.1. The van der Waals surface area contributed by atoms with Crippen LogP contribution in [0.2, 0.25) is 0 Å². The number of benzene rings is 7. The summed E-state index contributed by atoms with van der Waals surface area (Å²) in [4.78, 5) is 25.4. The lowest BCUT2D eigenvalue weighted by Gasteiger charge is -2.09.